The summed E-state index contributed by atoms with van der Waals surface area (Å²) in [6.07, 6.45) is 6.39. The van der Waals surface area contributed by atoms with Crippen LogP contribution in [-0.2, 0) is 7.05 Å². The smallest absolute Gasteiger partial charge is 0.353 e. The van der Waals surface area contributed by atoms with Crippen molar-refractivity contribution in [3.63, 3.8) is 0 Å². The zero-order valence-corrected chi connectivity index (χ0v) is 12.3. The molecule has 0 spiro atoms. The topological polar surface area (TPSA) is 91.8 Å². The normalized spacial score (nSPS) is 10.3. The van der Waals surface area contributed by atoms with Crippen molar-refractivity contribution in [3.8, 4) is 28.3 Å². The summed E-state index contributed by atoms with van der Waals surface area (Å²) in [5.41, 5.74) is 3.32. The molecule has 0 saturated carbocycles. The van der Waals surface area contributed by atoms with E-state index in [4.69, 9.17) is 0 Å². The van der Waals surface area contributed by atoms with Gasteiger partial charge < -0.3 is 9.67 Å². The molecule has 0 aliphatic rings. The van der Waals surface area contributed by atoms with Crippen molar-refractivity contribution in [1.29, 1.82) is 5.26 Å². The zero-order chi connectivity index (χ0) is 16.4. The Hall–Kier alpha value is -3.46. The highest BCUT2D eigenvalue weighted by atomic mass is 16.4. The van der Waals surface area contributed by atoms with E-state index in [9.17, 15) is 15.2 Å². The van der Waals surface area contributed by atoms with Gasteiger partial charge in [-0.2, -0.15) is 5.26 Å². The lowest BCUT2D eigenvalue weighted by Gasteiger charge is -2.06. The predicted octanol–water partition coefficient (Wildman–Crippen LogP) is 2.72. The van der Waals surface area contributed by atoms with E-state index in [2.05, 4.69) is 16.0 Å². The largest absolute Gasteiger partial charge is 0.477 e. The third kappa shape index (κ3) is 2.56. The van der Waals surface area contributed by atoms with Crippen LogP contribution in [0.25, 0.3) is 22.3 Å². The van der Waals surface area contributed by atoms with Crippen LogP contribution >= 0.6 is 0 Å². The fourth-order valence-electron chi connectivity index (χ4n) is 2.54. The molecule has 0 radical (unpaired) electrons. The van der Waals surface area contributed by atoms with Gasteiger partial charge in [0.05, 0.1) is 5.56 Å². The first-order valence-electron chi connectivity index (χ1n) is 6.80. The number of carbonyl (C=O) groups is 1. The van der Waals surface area contributed by atoms with Gasteiger partial charge in [0.2, 0.25) is 0 Å². The van der Waals surface area contributed by atoms with E-state index in [1.807, 2.05) is 12.1 Å². The SMILES string of the molecule is Cn1cc(C#N)c(-c2ccc(-c3cncnc3)cc2)c1C(=O)O. The second-order valence-corrected chi connectivity index (χ2v) is 5.00. The summed E-state index contributed by atoms with van der Waals surface area (Å²) in [5.74, 6) is -1.07. The first kappa shape index (κ1) is 14.5. The molecule has 1 N–H and O–H groups in total. The number of carboxylic acids is 1. The second kappa shape index (κ2) is 5.73. The molecule has 0 aliphatic carbocycles. The maximum absolute atomic E-state index is 11.5. The molecular weight excluding hydrogens is 292 g/mol. The summed E-state index contributed by atoms with van der Waals surface area (Å²) in [5, 5.41) is 18.7. The first-order valence-corrected chi connectivity index (χ1v) is 6.80. The molecular formula is C17H12N4O2. The Morgan fingerprint density at radius 2 is 1.74 bits per heavy atom. The van der Waals surface area contributed by atoms with Crippen molar-refractivity contribution in [1.82, 2.24) is 14.5 Å². The molecule has 6 heteroatoms. The molecule has 2 heterocycles. The van der Waals surface area contributed by atoms with Crippen LogP contribution in [0.5, 0.6) is 0 Å². The summed E-state index contributed by atoms with van der Waals surface area (Å²) in [7, 11) is 1.61. The molecule has 0 atom stereocenters. The molecule has 0 saturated heterocycles. The van der Waals surface area contributed by atoms with Crippen molar-refractivity contribution in [2.75, 3.05) is 0 Å². The summed E-state index contributed by atoms with van der Waals surface area (Å²) in [4.78, 5) is 19.4. The average molecular weight is 304 g/mol. The number of nitriles is 1. The highest BCUT2D eigenvalue weighted by Gasteiger charge is 2.21. The zero-order valence-electron chi connectivity index (χ0n) is 12.3. The molecule has 3 aromatic rings. The van der Waals surface area contributed by atoms with Crippen LogP contribution in [-0.4, -0.2) is 25.6 Å². The molecule has 3 rings (SSSR count). The lowest BCUT2D eigenvalue weighted by molar-refractivity contribution is 0.0687. The number of hydrogen-bond donors (Lipinski definition) is 1. The molecule has 0 amide bonds. The van der Waals surface area contributed by atoms with Gasteiger partial charge in [-0.15, -0.1) is 0 Å². The Bertz CT molecular complexity index is 906. The van der Waals surface area contributed by atoms with Crippen molar-refractivity contribution in [2.24, 2.45) is 7.05 Å². The minimum absolute atomic E-state index is 0.0948. The van der Waals surface area contributed by atoms with Gasteiger partial charge >= 0.3 is 5.97 Å². The third-order valence-electron chi connectivity index (χ3n) is 3.57. The summed E-state index contributed by atoms with van der Waals surface area (Å²) in [6.45, 7) is 0. The van der Waals surface area contributed by atoms with Crippen molar-refractivity contribution in [3.05, 3.63) is 60.4 Å². The van der Waals surface area contributed by atoms with E-state index in [0.29, 0.717) is 16.7 Å². The maximum Gasteiger partial charge on any atom is 0.353 e. The van der Waals surface area contributed by atoms with Crippen molar-refractivity contribution < 1.29 is 9.90 Å². The van der Waals surface area contributed by atoms with Crippen LogP contribution in [0, 0.1) is 11.3 Å². The van der Waals surface area contributed by atoms with Gasteiger partial charge in [-0.3, -0.25) is 0 Å². The van der Waals surface area contributed by atoms with E-state index in [0.717, 1.165) is 11.1 Å². The number of nitrogens with zero attached hydrogens (tertiary/aromatic N) is 4. The Morgan fingerprint density at radius 3 is 2.30 bits per heavy atom. The Labute approximate surface area is 132 Å². The number of hydrogen-bond acceptors (Lipinski definition) is 4. The highest BCUT2D eigenvalue weighted by Crippen LogP contribution is 2.30. The van der Waals surface area contributed by atoms with Crippen molar-refractivity contribution >= 4 is 5.97 Å². The van der Waals surface area contributed by atoms with E-state index in [1.165, 1.54) is 17.1 Å². The fourth-order valence-corrected chi connectivity index (χ4v) is 2.54. The van der Waals surface area contributed by atoms with Gasteiger partial charge in [0, 0.05) is 36.8 Å². The fraction of sp³-hybridized carbons (Fsp3) is 0.0588. The number of rotatable bonds is 3. The Balaban J connectivity index is 2.10. The highest BCUT2D eigenvalue weighted by molar-refractivity contribution is 5.96. The standard InChI is InChI=1S/C17H12N4O2/c1-21-9-13(6-18)15(16(21)17(22)23)12-4-2-11(3-5-12)14-7-19-10-20-8-14/h2-5,7-10H,1H3,(H,22,23). The second-order valence-electron chi connectivity index (χ2n) is 5.00. The number of carboxylic acid groups (broad SMARTS) is 1. The lowest BCUT2D eigenvalue weighted by Crippen LogP contribution is -2.05. The molecule has 1 aromatic carbocycles. The van der Waals surface area contributed by atoms with E-state index >= 15 is 0 Å². The molecule has 23 heavy (non-hydrogen) atoms. The molecule has 2 aromatic heterocycles. The predicted molar refractivity (Wildman–Crippen MR) is 83.5 cm³/mol. The summed E-state index contributed by atoms with van der Waals surface area (Å²) >= 11 is 0. The molecule has 0 bridgehead atoms. The van der Waals surface area contributed by atoms with Crippen LogP contribution in [0.15, 0.2) is 49.2 Å². The quantitative estimate of drug-likeness (QED) is 0.803. The van der Waals surface area contributed by atoms with E-state index in [-0.39, 0.29) is 5.69 Å². The van der Waals surface area contributed by atoms with Gasteiger partial charge in [0.15, 0.2) is 0 Å². The van der Waals surface area contributed by atoms with E-state index < -0.39 is 5.97 Å². The lowest BCUT2D eigenvalue weighted by atomic mass is 9.99. The minimum Gasteiger partial charge on any atom is -0.477 e. The van der Waals surface area contributed by atoms with Gasteiger partial charge in [-0.05, 0) is 11.1 Å². The van der Waals surface area contributed by atoms with Crippen LogP contribution < -0.4 is 0 Å². The number of aromatic carboxylic acids is 1. The van der Waals surface area contributed by atoms with Crippen LogP contribution in [0.1, 0.15) is 16.1 Å². The summed E-state index contributed by atoms with van der Waals surface area (Å²) < 4.78 is 1.45. The van der Waals surface area contributed by atoms with E-state index in [1.54, 1.807) is 31.6 Å². The molecule has 112 valence electrons. The van der Waals surface area contributed by atoms with Crippen LogP contribution in [0.3, 0.4) is 0 Å². The molecule has 6 nitrogen and oxygen atoms in total. The average Bonchev–Trinajstić information content (AvgIpc) is 2.92. The Kier molecular flexibility index (Phi) is 3.61. The van der Waals surface area contributed by atoms with Gasteiger partial charge in [-0.1, -0.05) is 24.3 Å². The van der Waals surface area contributed by atoms with Gasteiger partial charge in [-0.25, -0.2) is 14.8 Å². The van der Waals surface area contributed by atoms with Crippen molar-refractivity contribution in [2.45, 2.75) is 0 Å². The number of aryl methyl sites for hydroxylation is 1. The number of aromatic nitrogens is 3. The Morgan fingerprint density at radius 1 is 1.13 bits per heavy atom. The van der Waals surface area contributed by atoms with Crippen LogP contribution in [0.2, 0.25) is 0 Å². The van der Waals surface area contributed by atoms with Gasteiger partial charge in [0.25, 0.3) is 0 Å². The number of benzene rings is 1. The monoisotopic (exact) mass is 304 g/mol. The molecule has 0 unspecified atom stereocenters. The maximum atomic E-state index is 11.5. The summed E-state index contributed by atoms with van der Waals surface area (Å²) in [6, 6.07) is 9.36. The molecule has 0 fully saturated rings. The minimum atomic E-state index is -1.07. The van der Waals surface area contributed by atoms with Crippen LogP contribution in [0.4, 0.5) is 0 Å². The first-order chi connectivity index (χ1) is 11.1. The van der Waals surface area contributed by atoms with Gasteiger partial charge in [0.1, 0.15) is 18.1 Å². The third-order valence-corrected chi connectivity index (χ3v) is 3.57. The molecule has 0 aliphatic heterocycles.